The summed E-state index contributed by atoms with van der Waals surface area (Å²) in [5.74, 6) is 1.54. The zero-order valence-corrected chi connectivity index (χ0v) is 9.13. The van der Waals surface area contributed by atoms with Crippen molar-refractivity contribution in [3.8, 4) is 11.5 Å². The van der Waals surface area contributed by atoms with Crippen LogP contribution in [0.25, 0.3) is 0 Å². The highest BCUT2D eigenvalue weighted by Gasteiger charge is 2.13. The van der Waals surface area contributed by atoms with E-state index in [2.05, 4.69) is 0 Å². The lowest BCUT2D eigenvalue weighted by atomic mass is 10.1. The molecule has 84 valence electrons. The summed E-state index contributed by atoms with van der Waals surface area (Å²) in [5.41, 5.74) is 12.3. The molecule has 1 aromatic rings. The SMILES string of the molecule is Cl.NC[C@H](N)c1ccc2c(c1)OCCO2. The zero-order valence-electron chi connectivity index (χ0n) is 8.31. The molecule has 2 rings (SSSR count). The van der Waals surface area contributed by atoms with Crippen molar-refractivity contribution < 1.29 is 9.47 Å². The lowest BCUT2D eigenvalue weighted by molar-refractivity contribution is 0.171. The maximum absolute atomic E-state index is 5.81. The van der Waals surface area contributed by atoms with Crippen molar-refractivity contribution in [1.82, 2.24) is 0 Å². The van der Waals surface area contributed by atoms with E-state index in [1.54, 1.807) is 0 Å². The van der Waals surface area contributed by atoms with E-state index in [1.807, 2.05) is 18.2 Å². The molecule has 1 aliphatic heterocycles. The summed E-state index contributed by atoms with van der Waals surface area (Å²) in [6.07, 6.45) is 0. The second-order valence-corrected chi connectivity index (χ2v) is 3.25. The molecule has 1 aromatic carbocycles. The first-order valence-corrected chi connectivity index (χ1v) is 4.66. The Bertz CT molecular complexity index is 333. The number of hydrogen-bond acceptors (Lipinski definition) is 4. The van der Waals surface area contributed by atoms with Crippen LogP contribution in [0.15, 0.2) is 18.2 Å². The summed E-state index contributed by atoms with van der Waals surface area (Å²) in [5, 5.41) is 0. The number of rotatable bonds is 2. The Kier molecular flexibility index (Phi) is 4.20. The van der Waals surface area contributed by atoms with Crippen LogP contribution in [0.4, 0.5) is 0 Å². The van der Waals surface area contributed by atoms with Gasteiger partial charge in [-0.2, -0.15) is 0 Å². The number of fused-ring (bicyclic) bond motifs is 1. The molecular weight excluding hydrogens is 216 g/mol. The van der Waals surface area contributed by atoms with Gasteiger partial charge in [0, 0.05) is 12.6 Å². The van der Waals surface area contributed by atoms with E-state index >= 15 is 0 Å². The predicted octanol–water partition coefficient (Wildman–Crippen LogP) is 0.838. The van der Waals surface area contributed by atoms with Gasteiger partial charge in [-0.25, -0.2) is 0 Å². The molecule has 0 unspecified atom stereocenters. The molecule has 5 heteroatoms. The van der Waals surface area contributed by atoms with Gasteiger partial charge in [-0.15, -0.1) is 12.4 Å². The van der Waals surface area contributed by atoms with Crippen LogP contribution in [0.3, 0.4) is 0 Å². The van der Waals surface area contributed by atoms with Gasteiger partial charge in [0.1, 0.15) is 13.2 Å². The smallest absolute Gasteiger partial charge is 0.161 e. The number of nitrogens with two attached hydrogens (primary N) is 2. The summed E-state index contributed by atoms with van der Waals surface area (Å²) in [6, 6.07) is 5.56. The Morgan fingerprint density at radius 3 is 2.53 bits per heavy atom. The van der Waals surface area contributed by atoms with Gasteiger partial charge in [0.15, 0.2) is 11.5 Å². The van der Waals surface area contributed by atoms with Gasteiger partial charge in [0.25, 0.3) is 0 Å². The van der Waals surface area contributed by atoms with Gasteiger partial charge in [-0.3, -0.25) is 0 Å². The molecule has 1 heterocycles. The zero-order chi connectivity index (χ0) is 9.97. The highest BCUT2D eigenvalue weighted by Crippen LogP contribution is 2.31. The molecule has 0 saturated carbocycles. The fourth-order valence-corrected chi connectivity index (χ4v) is 1.43. The third kappa shape index (κ3) is 2.53. The van der Waals surface area contributed by atoms with Gasteiger partial charge >= 0.3 is 0 Å². The van der Waals surface area contributed by atoms with Crippen molar-refractivity contribution in [3.63, 3.8) is 0 Å². The van der Waals surface area contributed by atoms with Gasteiger partial charge in [0.05, 0.1) is 0 Å². The third-order valence-electron chi connectivity index (χ3n) is 2.25. The lowest BCUT2D eigenvalue weighted by Gasteiger charge is -2.20. The lowest BCUT2D eigenvalue weighted by Crippen LogP contribution is -2.21. The number of halogens is 1. The number of benzene rings is 1. The van der Waals surface area contributed by atoms with E-state index in [9.17, 15) is 0 Å². The molecule has 1 aliphatic rings. The second kappa shape index (κ2) is 5.21. The Morgan fingerprint density at radius 2 is 1.87 bits per heavy atom. The van der Waals surface area contributed by atoms with E-state index in [1.165, 1.54) is 0 Å². The predicted molar refractivity (Wildman–Crippen MR) is 60.7 cm³/mol. The van der Waals surface area contributed by atoms with Crippen LogP contribution in [-0.4, -0.2) is 19.8 Å². The molecule has 0 radical (unpaired) electrons. The molecule has 0 amide bonds. The molecular formula is C10H15ClN2O2. The maximum Gasteiger partial charge on any atom is 0.161 e. The molecule has 0 bridgehead atoms. The molecule has 4 nitrogen and oxygen atoms in total. The van der Waals surface area contributed by atoms with Crippen LogP contribution in [0, 0.1) is 0 Å². The molecule has 4 N–H and O–H groups in total. The first-order valence-electron chi connectivity index (χ1n) is 4.66. The largest absolute Gasteiger partial charge is 0.486 e. The molecule has 15 heavy (non-hydrogen) atoms. The van der Waals surface area contributed by atoms with Gasteiger partial charge in [-0.05, 0) is 17.7 Å². The van der Waals surface area contributed by atoms with Crippen LogP contribution in [0.2, 0.25) is 0 Å². The Morgan fingerprint density at radius 1 is 1.20 bits per heavy atom. The summed E-state index contributed by atoms with van der Waals surface area (Å²) in [7, 11) is 0. The van der Waals surface area contributed by atoms with Crippen LogP contribution in [0.5, 0.6) is 11.5 Å². The molecule has 1 atom stereocenters. The average molecular weight is 231 g/mol. The summed E-state index contributed by atoms with van der Waals surface area (Å²) in [4.78, 5) is 0. The van der Waals surface area contributed by atoms with Gasteiger partial charge in [-0.1, -0.05) is 6.07 Å². The molecule has 0 aliphatic carbocycles. The van der Waals surface area contributed by atoms with E-state index in [-0.39, 0.29) is 18.4 Å². The van der Waals surface area contributed by atoms with Crippen LogP contribution in [0.1, 0.15) is 11.6 Å². The quantitative estimate of drug-likeness (QED) is 0.790. The standard InChI is InChI=1S/C10H14N2O2.ClH/c11-6-8(12)7-1-2-9-10(5-7)14-4-3-13-9;/h1-2,5,8H,3-4,6,11-12H2;1H/t8-;/m0./s1. The topological polar surface area (TPSA) is 70.5 Å². The highest BCUT2D eigenvalue weighted by molar-refractivity contribution is 5.85. The average Bonchev–Trinajstić information content (AvgIpc) is 2.27. The Balaban J connectivity index is 0.00000112. The first kappa shape index (κ1) is 12.1. The van der Waals surface area contributed by atoms with Crippen molar-refractivity contribution in [2.45, 2.75) is 6.04 Å². The monoisotopic (exact) mass is 230 g/mol. The summed E-state index contributed by atoms with van der Waals surface area (Å²) >= 11 is 0. The fraction of sp³-hybridized carbons (Fsp3) is 0.400. The van der Waals surface area contributed by atoms with E-state index in [0.29, 0.717) is 19.8 Å². The minimum absolute atomic E-state index is 0. The normalized spacial score (nSPS) is 15.3. The van der Waals surface area contributed by atoms with Crippen molar-refractivity contribution in [2.24, 2.45) is 11.5 Å². The van der Waals surface area contributed by atoms with E-state index in [0.717, 1.165) is 17.1 Å². The van der Waals surface area contributed by atoms with Crippen LogP contribution < -0.4 is 20.9 Å². The van der Waals surface area contributed by atoms with Gasteiger partial charge in [0.2, 0.25) is 0 Å². The molecule has 0 spiro atoms. The maximum atomic E-state index is 5.81. The molecule has 0 aromatic heterocycles. The van der Waals surface area contributed by atoms with Gasteiger partial charge < -0.3 is 20.9 Å². The van der Waals surface area contributed by atoms with Crippen molar-refractivity contribution >= 4 is 12.4 Å². The Labute approximate surface area is 94.9 Å². The van der Waals surface area contributed by atoms with Crippen molar-refractivity contribution in [1.29, 1.82) is 0 Å². The van der Waals surface area contributed by atoms with Crippen molar-refractivity contribution in [3.05, 3.63) is 23.8 Å². The van der Waals surface area contributed by atoms with Crippen LogP contribution >= 0.6 is 12.4 Å². The molecule has 0 fully saturated rings. The van der Waals surface area contributed by atoms with Crippen LogP contribution in [-0.2, 0) is 0 Å². The highest BCUT2D eigenvalue weighted by atomic mass is 35.5. The van der Waals surface area contributed by atoms with Crippen molar-refractivity contribution in [2.75, 3.05) is 19.8 Å². The number of hydrogen-bond donors (Lipinski definition) is 2. The number of ether oxygens (including phenoxy) is 2. The minimum Gasteiger partial charge on any atom is -0.486 e. The van der Waals surface area contributed by atoms with E-state index in [4.69, 9.17) is 20.9 Å². The summed E-state index contributed by atoms with van der Waals surface area (Å²) in [6.45, 7) is 1.63. The Hall–Kier alpha value is -0.970. The third-order valence-corrected chi connectivity index (χ3v) is 2.25. The van der Waals surface area contributed by atoms with E-state index < -0.39 is 0 Å². The minimum atomic E-state index is -0.133. The fourth-order valence-electron chi connectivity index (χ4n) is 1.43. The first-order chi connectivity index (χ1) is 6.81. The molecule has 0 saturated heterocycles. The summed E-state index contributed by atoms with van der Waals surface area (Å²) < 4.78 is 10.8. The second-order valence-electron chi connectivity index (χ2n) is 3.25.